The summed E-state index contributed by atoms with van der Waals surface area (Å²) in [5.74, 6) is -0.206. The average molecular weight is 226 g/mol. The van der Waals surface area contributed by atoms with E-state index in [1.165, 1.54) is 12.1 Å². The zero-order valence-electron chi connectivity index (χ0n) is 9.87. The molecule has 0 aliphatic rings. The SMILES string of the molecule is COCCN(C)CCNc1ccc(F)cc1. The van der Waals surface area contributed by atoms with E-state index in [9.17, 15) is 4.39 Å². The van der Waals surface area contributed by atoms with E-state index in [2.05, 4.69) is 10.2 Å². The molecule has 0 amide bonds. The fourth-order valence-electron chi connectivity index (χ4n) is 1.32. The van der Waals surface area contributed by atoms with Gasteiger partial charge < -0.3 is 15.0 Å². The fraction of sp³-hybridized carbons (Fsp3) is 0.500. The molecule has 3 nitrogen and oxygen atoms in total. The fourth-order valence-corrected chi connectivity index (χ4v) is 1.32. The minimum Gasteiger partial charge on any atom is -0.384 e. The van der Waals surface area contributed by atoms with Crippen LogP contribution < -0.4 is 5.32 Å². The van der Waals surface area contributed by atoms with Crippen molar-refractivity contribution in [3.8, 4) is 0 Å². The van der Waals surface area contributed by atoms with Crippen molar-refractivity contribution < 1.29 is 9.13 Å². The van der Waals surface area contributed by atoms with E-state index >= 15 is 0 Å². The molecule has 0 aromatic heterocycles. The Labute approximate surface area is 96.2 Å². The normalized spacial score (nSPS) is 10.8. The van der Waals surface area contributed by atoms with Gasteiger partial charge in [0, 0.05) is 32.4 Å². The predicted molar refractivity (Wildman–Crippen MR) is 64.3 cm³/mol. The molecule has 90 valence electrons. The molecule has 1 rings (SSSR count). The van der Waals surface area contributed by atoms with Gasteiger partial charge in [0.15, 0.2) is 0 Å². The molecule has 0 aliphatic carbocycles. The van der Waals surface area contributed by atoms with Gasteiger partial charge in [0.05, 0.1) is 6.61 Å². The number of likely N-dealkylation sites (N-methyl/N-ethyl adjacent to an activating group) is 1. The number of anilines is 1. The summed E-state index contributed by atoms with van der Waals surface area (Å²) in [5, 5.41) is 3.23. The summed E-state index contributed by atoms with van der Waals surface area (Å²) in [6.07, 6.45) is 0. The molecular formula is C12H19FN2O. The molecule has 0 saturated carbocycles. The maximum atomic E-state index is 12.6. The van der Waals surface area contributed by atoms with Crippen molar-refractivity contribution in [1.29, 1.82) is 0 Å². The highest BCUT2D eigenvalue weighted by molar-refractivity contribution is 5.42. The lowest BCUT2D eigenvalue weighted by Gasteiger charge is -2.16. The first kappa shape index (κ1) is 12.9. The predicted octanol–water partition coefficient (Wildman–Crippen LogP) is 1.82. The lowest BCUT2D eigenvalue weighted by Crippen LogP contribution is -2.28. The molecule has 0 spiro atoms. The van der Waals surface area contributed by atoms with Crippen LogP contribution in [0.25, 0.3) is 0 Å². The summed E-state index contributed by atoms with van der Waals surface area (Å²) in [4.78, 5) is 2.18. The molecule has 1 aromatic carbocycles. The van der Waals surface area contributed by atoms with Crippen molar-refractivity contribution in [2.75, 3.05) is 45.7 Å². The van der Waals surface area contributed by atoms with Gasteiger partial charge in [-0.2, -0.15) is 0 Å². The van der Waals surface area contributed by atoms with Crippen LogP contribution in [0.5, 0.6) is 0 Å². The van der Waals surface area contributed by atoms with Gasteiger partial charge in [0.1, 0.15) is 5.82 Å². The van der Waals surface area contributed by atoms with E-state index in [4.69, 9.17) is 4.74 Å². The van der Waals surface area contributed by atoms with Crippen LogP contribution >= 0.6 is 0 Å². The van der Waals surface area contributed by atoms with Crippen LogP contribution in [0.4, 0.5) is 10.1 Å². The van der Waals surface area contributed by atoms with Crippen LogP contribution in [0.2, 0.25) is 0 Å². The van der Waals surface area contributed by atoms with Gasteiger partial charge in [-0.25, -0.2) is 4.39 Å². The lowest BCUT2D eigenvalue weighted by atomic mass is 10.3. The number of hydrogen-bond donors (Lipinski definition) is 1. The van der Waals surface area contributed by atoms with Crippen molar-refractivity contribution in [3.63, 3.8) is 0 Å². The number of halogens is 1. The van der Waals surface area contributed by atoms with Crippen molar-refractivity contribution in [2.45, 2.75) is 0 Å². The summed E-state index contributed by atoms with van der Waals surface area (Å²) < 4.78 is 17.6. The number of ether oxygens (including phenoxy) is 1. The summed E-state index contributed by atoms with van der Waals surface area (Å²) in [6, 6.07) is 6.39. The third kappa shape index (κ3) is 5.09. The standard InChI is InChI=1S/C12H19FN2O/c1-15(9-10-16-2)8-7-14-12-5-3-11(13)4-6-12/h3-6,14H,7-10H2,1-2H3. The van der Waals surface area contributed by atoms with Crippen molar-refractivity contribution >= 4 is 5.69 Å². The number of nitrogens with one attached hydrogen (secondary N) is 1. The topological polar surface area (TPSA) is 24.5 Å². The highest BCUT2D eigenvalue weighted by Gasteiger charge is 1.97. The molecule has 1 aromatic rings. The van der Waals surface area contributed by atoms with Crippen LogP contribution in [0, 0.1) is 5.82 Å². The zero-order valence-corrected chi connectivity index (χ0v) is 9.87. The maximum absolute atomic E-state index is 12.6. The van der Waals surface area contributed by atoms with E-state index in [0.29, 0.717) is 0 Å². The van der Waals surface area contributed by atoms with Crippen molar-refractivity contribution in [3.05, 3.63) is 30.1 Å². The Balaban J connectivity index is 2.17. The van der Waals surface area contributed by atoms with Gasteiger partial charge in [0.25, 0.3) is 0 Å². The second-order valence-corrected chi connectivity index (χ2v) is 3.73. The summed E-state index contributed by atoms with van der Waals surface area (Å²) >= 11 is 0. The number of rotatable bonds is 7. The van der Waals surface area contributed by atoms with E-state index in [0.717, 1.165) is 31.9 Å². The Bertz CT molecular complexity index is 290. The molecule has 0 radical (unpaired) electrons. The quantitative estimate of drug-likeness (QED) is 0.767. The summed E-state index contributed by atoms with van der Waals surface area (Å²) in [6.45, 7) is 3.43. The smallest absolute Gasteiger partial charge is 0.123 e. The molecule has 0 unspecified atom stereocenters. The maximum Gasteiger partial charge on any atom is 0.123 e. The minimum atomic E-state index is -0.206. The molecular weight excluding hydrogens is 207 g/mol. The Kier molecular flexibility index (Phi) is 5.82. The van der Waals surface area contributed by atoms with Crippen LogP contribution in [0.3, 0.4) is 0 Å². The van der Waals surface area contributed by atoms with Crippen molar-refractivity contribution in [2.24, 2.45) is 0 Å². The first-order valence-electron chi connectivity index (χ1n) is 5.39. The van der Waals surface area contributed by atoms with Crippen molar-refractivity contribution in [1.82, 2.24) is 4.90 Å². The lowest BCUT2D eigenvalue weighted by molar-refractivity contribution is 0.163. The third-order valence-electron chi connectivity index (χ3n) is 2.34. The van der Waals surface area contributed by atoms with Crippen LogP contribution in [0.1, 0.15) is 0 Å². The highest BCUT2D eigenvalue weighted by atomic mass is 19.1. The van der Waals surface area contributed by atoms with E-state index in [1.807, 2.05) is 7.05 Å². The highest BCUT2D eigenvalue weighted by Crippen LogP contribution is 2.07. The summed E-state index contributed by atoms with van der Waals surface area (Å²) in [7, 11) is 3.75. The molecule has 0 heterocycles. The monoisotopic (exact) mass is 226 g/mol. The van der Waals surface area contributed by atoms with Gasteiger partial charge in [0.2, 0.25) is 0 Å². The van der Waals surface area contributed by atoms with E-state index in [-0.39, 0.29) is 5.82 Å². The molecule has 16 heavy (non-hydrogen) atoms. The molecule has 0 bridgehead atoms. The third-order valence-corrected chi connectivity index (χ3v) is 2.34. The molecule has 0 saturated heterocycles. The molecule has 0 fully saturated rings. The summed E-state index contributed by atoms with van der Waals surface area (Å²) in [5.41, 5.74) is 0.946. The largest absolute Gasteiger partial charge is 0.384 e. The Hall–Kier alpha value is -1.13. The Morgan fingerprint density at radius 1 is 1.25 bits per heavy atom. The van der Waals surface area contributed by atoms with Gasteiger partial charge >= 0.3 is 0 Å². The average Bonchev–Trinajstić information content (AvgIpc) is 2.29. The van der Waals surface area contributed by atoms with Crippen LogP contribution in [0.15, 0.2) is 24.3 Å². The number of benzene rings is 1. The van der Waals surface area contributed by atoms with Gasteiger partial charge in [-0.05, 0) is 31.3 Å². The number of hydrogen-bond acceptors (Lipinski definition) is 3. The molecule has 0 aliphatic heterocycles. The van der Waals surface area contributed by atoms with E-state index < -0.39 is 0 Å². The van der Waals surface area contributed by atoms with Crippen LogP contribution in [-0.4, -0.2) is 45.3 Å². The first-order valence-corrected chi connectivity index (χ1v) is 5.39. The number of methoxy groups -OCH3 is 1. The van der Waals surface area contributed by atoms with Gasteiger partial charge in [-0.1, -0.05) is 0 Å². The Morgan fingerprint density at radius 2 is 1.94 bits per heavy atom. The molecule has 1 N–H and O–H groups in total. The van der Waals surface area contributed by atoms with Crippen LogP contribution in [-0.2, 0) is 4.74 Å². The number of nitrogens with zero attached hydrogens (tertiary/aromatic N) is 1. The second-order valence-electron chi connectivity index (χ2n) is 3.73. The van der Waals surface area contributed by atoms with Gasteiger partial charge in [-0.3, -0.25) is 0 Å². The minimum absolute atomic E-state index is 0.206. The Morgan fingerprint density at radius 3 is 2.56 bits per heavy atom. The molecule has 4 heteroatoms. The second kappa shape index (κ2) is 7.19. The van der Waals surface area contributed by atoms with E-state index in [1.54, 1.807) is 19.2 Å². The zero-order chi connectivity index (χ0) is 11.8. The molecule has 0 atom stereocenters. The van der Waals surface area contributed by atoms with Gasteiger partial charge in [-0.15, -0.1) is 0 Å². The first-order chi connectivity index (χ1) is 7.72.